The van der Waals surface area contributed by atoms with Crippen molar-refractivity contribution < 1.29 is 18.8 Å². The lowest BCUT2D eigenvalue weighted by atomic mass is 10.1. The summed E-state index contributed by atoms with van der Waals surface area (Å²) < 4.78 is 17.6. The molecule has 0 radical (unpaired) electrons. The van der Waals surface area contributed by atoms with Gasteiger partial charge in [-0.25, -0.2) is 0 Å². The van der Waals surface area contributed by atoms with E-state index in [1.165, 1.54) is 10.1 Å². The number of carbonyl (C=O) groups excluding carboxylic acids is 1. The molecule has 142 valence electrons. The van der Waals surface area contributed by atoms with Crippen molar-refractivity contribution in [2.75, 3.05) is 19.8 Å². The first-order valence-electron chi connectivity index (χ1n) is 9.09. The molecule has 1 atom stereocenters. The van der Waals surface area contributed by atoms with Crippen LogP contribution in [0.25, 0.3) is 10.1 Å². The summed E-state index contributed by atoms with van der Waals surface area (Å²) >= 11 is 1.73. The summed E-state index contributed by atoms with van der Waals surface area (Å²) in [5, 5.41) is 10.2. The molecule has 1 aliphatic heterocycles. The van der Waals surface area contributed by atoms with Crippen molar-refractivity contribution in [2.45, 2.75) is 26.1 Å². The number of hydrogen-bond acceptors (Lipinski definition) is 6. The van der Waals surface area contributed by atoms with E-state index in [4.69, 9.17) is 14.0 Å². The number of hydrogen-bond donors (Lipinski definition) is 1. The number of amides is 1. The van der Waals surface area contributed by atoms with E-state index >= 15 is 0 Å². The van der Waals surface area contributed by atoms with Gasteiger partial charge in [-0.1, -0.05) is 11.2 Å². The first kappa shape index (κ1) is 18.2. The fourth-order valence-electron chi connectivity index (χ4n) is 3.11. The predicted molar refractivity (Wildman–Crippen MR) is 102 cm³/mol. The van der Waals surface area contributed by atoms with Crippen molar-refractivity contribution >= 4 is 27.3 Å². The van der Waals surface area contributed by atoms with Crippen molar-refractivity contribution in [3.8, 4) is 0 Å². The molecule has 0 saturated carbocycles. The second kappa shape index (κ2) is 8.65. The third-order valence-electron chi connectivity index (χ3n) is 4.59. The molecule has 1 aromatic carbocycles. The number of nitrogens with one attached hydrogen (secondary N) is 1. The minimum atomic E-state index is -0.0493. The highest BCUT2D eigenvalue weighted by atomic mass is 32.1. The first-order chi connectivity index (χ1) is 13.3. The lowest BCUT2D eigenvalue weighted by molar-refractivity contribution is -0.120. The van der Waals surface area contributed by atoms with E-state index in [9.17, 15) is 4.79 Å². The number of benzene rings is 1. The molecule has 1 aliphatic rings. The second-order valence-corrected chi connectivity index (χ2v) is 7.73. The van der Waals surface area contributed by atoms with Gasteiger partial charge in [0.05, 0.1) is 25.3 Å². The average Bonchev–Trinajstić information content (AvgIpc) is 3.42. The summed E-state index contributed by atoms with van der Waals surface area (Å²) in [6.45, 7) is 3.00. The molecule has 0 aliphatic carbocycles. The molecule has 3 heterocycles. The quantitative estimate of drug-likeness (QED) is 0.643. The second-order valence-electron chi connectivity index (χ2n) is 6.78. The Morgan fingerprint density at radius 3 is 3.15 bits per heavy atom. The van der Waals surface area contributed by atoms with E-state index in [0.717, 1.165) is 25.2 Å². The van der Waals surface area contributed by atoms with Crippen LogP contribution in [0.15, 0.2) is 40.2 Å². The van der Waals surface area contributed by atoms with Crippen LogP contribution in [0, 0.1) is 5.92 Å². The molecule has 0 bridgehead atoms. The molecule has 6 nitrogen and oxygen atoms in total. The van der Waals surface area contributed by atoms with E-state index in [1.807, 2.05) is 0 Å². The van der Waals surface area contributed by atoms with Crippen LogP contribution in [0.1, 0.15) is 23.4 Å². The van der Waals surface area contributed by atoms with Crippen LogP contribution in [0.5, 0.6) is 0 Å². The molecule has 1 saturated heterocycles. The molecule has 1 fully saturated rings. The van der Waals surface area contributed by atoms with Crippen molar-refractivity contribution in [1.82, 2.24) is 10.5 Å². The van der Waals surface area contributed by atoms with Crippen LogP contribution < -0.4 is 5.32 Å². The zero-order chi connectivity index (χ0) is 18.5. The van der Waals surface area contributed by atoms with Crippen LogP contribution in [0.4, 0.5) is 0 Å². The van der Waals surface area contributed by atoms with Gasteiger partial charge in [0.25, 0.3) is 0 Å². The lowest BCUT2D eigenvalue weighted by Gasteiger charge is -2.08. The predicted octanol–water partition coefficient (Wildman–Crippen LogP) is 3.30. The number of nitrogens with zero attached hydrogens (tertiary/aromatic N) is 1. The number of fused-ring (bicyclic) bond motifs is 1. The molecule has 2 aromatic heterocycles. The monoisotopic (exact) mass is 386 g/mol. The Balaban J connectivity index is 1.21. The minimum absolute atomic E-state index is 0.0493. The Kier molecular flexibility index (Phi) is 5.81. The highest BCUT2D eigenvalue weighted by Crippen LogP contribution is 2.22. The molecular weight excluding hydrogens is 364 g/mol. The summed E-state index contributed by atoms with van der Waals surface area (Å²) in [6, 6.07) is 10.2. The van der Waals surface area contributed by atoms with Crippen LogP contribution in [-0.4, -0.2) is 30.8 Å². The lowest BCUT2D eigenvalue weighted by Crippen LogP contribution is -2.30. The number of aromatic nitrogens is 1. The van der Waals surface area contributed by atoms with Gasteiger partial charge in [-0.05, 0) is 40.9 Å². The maximum Gasteiger partial charge on any atom is 0.226 e. The molecule has 0 spiro atoms. The van der Waals surface area contributed by atoms with Crippen molar-refractivity contribution in [1.29, 1.82) is 0 Å². The van der Waals surface area contributed by atoms with E-state index in [1.54, 1.807) is 17.4 Å². The average molecular weight is 386 g/mol. The zero-order valence-electron chi connectivity index (χ0n) is 15.0. The van der Waals surface area contributed by atoms with Crippen molar-refractivity contribution in [3.63, 3.8) is 0 Å². The zero-order valence-corrected chi connectivity index (χ0v) is 15.8. The van der Waals surface area contributed by atoms with Crippen LogP contribution in [-0.2, 0) is 33.9 Å². The first-order valence-corrected chi connectivity index (χ1v) is 9.97. The van der Waals surface area contributed by atoms with E-state index in [-0.39, 0.29) is 12.3 Å². The molecular formula is C20H22N2O4S. The number of ether oxygens (including phenoxy) is 2. The van der Waals surface area contributed by atoms with Gasteiger partial charge in [-0.3, -0.25) is 4.79 Å². The fourth-order valence-corrected chi connectivity index (χ4v) is 3.88. The molecule has 1 amide bonds. The highest BCUT2D eigenvalue weighted by molar-refractivity contribution is 7.17. The Morgan fingerprint density at radius 2 is 2.26 bits per heavy atom. The van der Waals surface area contributed by atoms with Gasteiger partial charge in [-0.15, -0.1) is 11.3 Å². The topological polar surface area (TPSA) is 73.6 Å². The number of rotatable bonds is 8. The minimum Gasteiger partial charge on any atom is -0.381 e. The SMILES string of the molecule is O=C(Cc1cc(COCc2ccc3sccc3c2)on1)NCC1CCOC1. The van der Waals surface area contributed by atoms with Crippen molar-refractivity contribution in [3.05, 3.63) is 52.7 Å². The third-order valence-corrected chi connectivity index (χ3v) is 5.49. The van der Waals surface area contributed by atoms with E-state index < -0.39 is 0 Å². The highest BCUT2D eigenvalue weighted by Gasteiger charge is 2.17. The smallest absolute Gasteiger partial charge is 0.226 e. The van der Waals surface area contributed by atoms with E-state index in [0.29, 0.717) is 37.1 Å². The molecule has 4 rings (SSSR count). The van der Waals surface area contributed by atoms with Gasteiger partial charge in [-0.2, -0.15) is 0 Å². The van der Waals surface area contributed by atoms with Gasteiger partial charge in [0, 0.05) is 29.8 Å². The molecule has 7 heteroatoms. The fraction of sp³-hybridized carbons (Fsp3) is 0.400. The largest absolute Gasteiger partial charge is 0.381 e. The van der Waals surface area contributed by atoms with Gasteiger partial charge in [0.1, 0.15) is 6.61 Å². The van der Waals surface area contributed by atoms with E-state index in [2.05, 4.69) is 40.1 Å². The van der Waals surface area contributed by atoms with Gasteiger partial charge >= 0.3 is 0 Å². The summed E-state index contributed by atoms with van der Waals surface area (Å²) in [5.74, 6) is 0.994. The Morgan fingerprint density at radius 1 is 1.30 bits per heavy atom. The summed E-state index contributed by atoms with van der Waals surface area (Å²) in [6.07, 6.45) is 1.22. The number of carbonyl (C=O) groups is 1. The Labute approximate surface area is 161 Å². The Hall–Kier alpha value is -2.22. The molecule has 27 heavy (non-hydrogen) atoms. The Bertz CT molecular complexity index is 898. The normalized spacial score (nSPS) is 16.8. The number of thiophene rings is 1. The van der Waals surface area contributed by atoms with Crippen LogP contribution in [0.3, 0.4) is 0 Å². The van der Waals surface area contributed by atoms with Gasteiger partial charge in [0.2, 0.25) is 5.91 Å². The molecule has 3 aromatic rings. The van der Waals surface area contributed by atoms with Crippen LogP contribution >= 0.6 is 11.3 Å². The van der Waals surface area contributed by atoms with Gasteiger partial charge < -0.3 is 19.3 Å². The van der Waals surface area contributed by atoms with Crippen LogP contribution in [0.2, 0.25) is 0 Å². The summed E-state index contributed by atoms with van der Waals surface area (Å²) in [4.78, 5) is 12.0. The van der Waals surface area contributed by atoms with Gasteiger partial charge in [0.15, 0.2) is 5.76 Å². The summed E-state index contributed by atoms with van der Waals surface area (Å²) in [7, 11) is 0. The maximum atomic E-state index is 12.0. The standard InChI is InChI=1S/C20H22N2O4S/c23-20(21-10-15-3-5-24-12-15)9-17-8-18(26-22-17)13-25-11-14-1-2-19-16(7-14)4-6-27-19/h1-2,4,6-8,15H,3,5,9-13H2,(H,21,23). The summed E-state index contributed by atoms with van der Waals surface area (Å²) in [5.41, 5.74) is 1.74. The van der Waals surface area contributed by atoms with Crippen molar-refractivity contribution in [2.24, 2.45) is 5.92 Å². The third kappa shape index (κ3) is 4.94. The molecule has 1 N–H and O–H groups in total. The molecule has 1 unspecified atom stereocenters. The maximum absolute atomic E-state index is 12.0.